The van der Waals surface area contributed by atoms with Crippen molar-refractivity contribution in [1.29, 1.82) is 0 Å². The number of hydrogen-bond acceptors (Lipinski definition) is 2. The molecule has 1 aromatic rings. The Hall–Kier alpha value is -0.900. The van der Waals surface area contributed by atoms with Gasteiger partial charge in [-0.2, -0.15) is 0 Å². The first kappa shape index (κ1) is 8.69. The van der Waals surface area contributed by atoms with Crippen molar-refractivity contribution in [3.8, 4) is 0 Å². The fourth-order valence-corrected chi connectivity index (χ4v) is 1.80. The van der Waals surface area contributed by atoms with Crippen LogP contribution in [0.5, 0.6) is 0 Å². The van der Waals surface area contributed by atoms with Crippen molar-refractivity contribution < 1.29 is 9.18 Å². The predicted molar refractivity (Wildman–Crippen MR) is 51.3 cm³/mol. The molecule has 0 spiro atoms. The summed E-state index contributed by atoms with van der Waals surface area (Å²) < 4.78 is 13.5. The van der Waals surface area contributed by atoms with E-state index in [1.54, 1.807) is 6.07 Å². The first-order valence-electron chi connectivity index (χ1n) is 3.90. The van der Waals surface area contributed by atoms with Crippen molar-refractivity contribution >= 4 is 27.9 Å². The van der Waals surface area contributed by atoms with E-state index in [-0.39, 0.29) is 11.9 Å². The maximum atomic E-state index is 13.0. The smallest absolute Gasteiger partial charge is 0.142 e. The Kier molecular flexibility index (Phi) is 2.07. The largest absolute Gasteiger partial charge is 0.375 e. The summed E-state index contributed by atoms with van der Waals surface area (Å²) in [4.78, 5) is 10.5. The van der Waals surface area contributed by atoms with Crippen LogP contribution in [0.1, 0.15) is 5.56 Å². The first-order valence-corrected chi connectivity index (χ1v) is 4.70. The van der Waals surface area contributed by atoms with E-state index in [1.165, 1.54) is 6.07 Å². The Morgan fingerprint density at radius 1 is 1.62 bits per heavy atom. The van der Waals surface area contributed by atoms with Crippen LogP contribution < -0.4 is 5.32 Å². The van der Waals surface area contributed by atoms with E-state index in [4.69, 9.17) is 0 Å². The first-order chi connectivity index (χ1) is 6.20. The molecule has 0 saturated heterocycles. The number of nitrogens with one attached hydrogen (secondary N) is 1. The highest BCUT2D eigenvalue weighted by Crippen LogP contribution is 2.30. The third-order valence-corrected chi connectivity index (χ3v) is 2.70. The van der Waals surface area contributed by atoms with Crippen LogP contribution in [0, 0.1) is 5.82 Å². The summed E-state index contributed by atoms with van der Waals surface area (Å²) in [5, 5.41) is 2.99. The molecule has 0 fully saturated rings. The van der Waals surface area contributed by atoms with E-state index >= 15 is 0 Å². The van der Waals surface area contributed by atoms with Crippen LogP contribution in [0.3, 0.4) is 0 Å². The van der Waals surface area contributed by atoms with Gasteiger partial charge in [0.05, 0.1) is 10.5 Å². The fourth-order valence-electron chi connectivity index (χ4n) is 1.46. The van der Waals surface area contributed by atoms with Crippen molar-refractivity contribution in [2.45, 2.75) is 12.5 Å². The summed E-state index contributed by atoms with van der Waals surface area (Å²) in [5.41, 5.74) is 1.70. The third-order valence-electron chi connectivity index (χ3n) is 2.09. The van der Waals surface area contributed by atoms with E-state index in [9.17, 15) is 9.18 Å². The van der Waals surface area contributed by atoms with Crippen LogP contribution in [-0.4, -0.2) is 12.3 Å². The summed E-state index contributed by atoms with van der Waals surface area (Å²) in [5.74, 6) is -0.285. The molecule has 2 rings (SSSR count). The number of hydrogen-bond donors (Lipinski definition) is 1. The molecule has 0 aliphatic carbocycles. The van der Waals surface area contributed by atoms with Gasteiger partial charge in [0.2, 0.25) is 0 Å². The average Bonchev–Trinajstić information content (AvgIpc) is 2.48. The van der Waals surface area contributed by atoms with Gasteiger partial charge in [0.1, 0.15) is 12.1 Å². The van der Waals surface area contributed by atoms with Gasteiger partial charge in [-0.15, -0.1) is 0 Å². The number of fused-ring (bicyclic) bond motifs is 1. The molecule has 1 unspecified atom stereocenters. The highest BCUT2D eigenvalue weighted by Gasteiger charge is 2.21. The Bertz CT molecular complexity index is 336. The fraction of sp³-hybridized carbons (Fsp3) is 0.222. The predicted octanol–water partition coefficient (Wildman–Crippen LogP) is 2.12. The summed E-state index contributed by atoms with van der Waals surface area (Å²) in [6.45, 7) is 0. The normalized spacial score (nSPS) is 19.4. The van der Waals surface area contributed by atoms with Gasteiger partial charge < -0.3 is 10.1 Å². The molecule has 0 aromatic heterocycles. The number of halogens is 2. The second-order valence-corrected chi connectivity index (χ2v) is 3.87. The molecule has 1 aromatic carbocycles. The molecule has 0 amide bonds. The van der Waals surface area contributed by atoms with Gasteiger partial charge in [0.15, 0.2) is 0 Å². The van der Waals surface area contributed by atoms with Gasteiger partial charge in [-0.05, 0) is 33.6 Å². The third kappa shape index (κ3) is 1.46. The highest BCUT2D eigenvalue weighted by atomic mass is 79.9. The summed E-state index contributed by atoms with van der Waals surface area (Å²) >= 11 is 3.09. The molecule has 0 bridgehead atoms. The van der Waals surface area contributed by atoms with Crippen LogP contribution in [0.25, 0.3) is 0 Å². The molecule has 1 N–H and O–H groups in total. The minimum atomic E-state index is -0.285. The van der Waals surface area contributed by atoms with E-state index in [0.717, 1.165) is 17.5 Å². The van der Waals surface area contributed by atoms with E-state index in [2.05, 4.69) is 21.2 Å². The lowest BCUT2D eigenvalue weighted by molar-refractivity contribution is -0.108. The highest BCUT2D eigenvalue weighted by molar-refractivity contribution is 9.10. The Labute approximate surface area is 83.3 Å². The van der Waals surface area contributed by atoms with Crippen LogP contribution in [0.2, 0.25) is 0 Å². The number of carbonyl (C=O) groups excluding carboxylic acids is 1. The zero-order valence-electron chi connectivity index (χ0n) is 6.68. The Morgan fingerprint density at radius 3 is 3.08 bits per heavy atom. The number of anilines is 1. The van der Waals surface area contributed by atoms with Gasteiger partial charge in [-0.3, -0.25) is 0 Å². The molecule has 1 aliphatic heterocycles. The standard InChI is InChI=1S/C9H7BrFNO/c10-7-3-9-5(2-8(7)11)1-6(4-13)12-9/h2-4,6,12H,1H2. The van der Waals surface area contributed by atoms with Crippen LogP contribution in [-0.2, 0) is 11.2 Å². The van der Waals surface area contributed by atoms with Gasteiger partial charge in [0.25, 0.3) is 0 Å². The molecule has 1 heterocycles. The monoisotopic (exact) mass is 243 g/mol. The number of benzene rings is 1. The quantitative estimate of drug-likeness (QED) is 0.766. The maximum absolute atomic E-state index is 13.0. The topological polar surface area (TPSA) is 29.1 Å². The van der Waals surface area contributed by atoms with Gasteiger partial charge in [-0.1, -0.05) is 0 Å². The van der Waals surface area contributed by atoms with Crippen molar-refractivity contribution in [2.75, 3.05) is 5.32 Å². The lowest BCUT2D eigenvalue weighted by Gasteiger charge is -2.01. The van der Waals surface area contributed by atoms with E-state index < -0.39 is 0 Å². The van der Waals surface area contributed by atoms with Crippen LogP contribution in [0.15, 0.2) is 16.6 Å². The minimum absolute atomic E-state index is 0.205. The van der Waals surface area contributed by atoms with Gasteiger partial charge >= 0.3 is 0 Å². The zero-order chi connectivity index (χ0) is 9.42. The van der Waals surface area contributed by atoms with Crippen LogP contribution >= 0.6 is 15.9 Å². The Balaban J connectivity index is 2.41. The molecule has 1 atom stereocenters. The van der Waals surface area contributed by atoms with Crippen LogP contribution in [0.4, 0.5) is 10.1 Å². The molecule has 4 heteroatoms. The molecule has 2 nitrogen and oxygen atoms in total. The molecule has 0 radical (unpaired) electrons. The molecular weight excluding hydrogens is 237 g/mol. The van der Waals surface area contributed by atoms with Gasteiger partial charge in [-0.25, -0.2) is 4.39 Å². The SMILES string of the molecule is O=CC1Cc2cc(F)c(Br)cc2N1. The summed E-state index contributed by atoms with van der Waals surface area (Å²) in [6, 6.07) is 2.91. The molecule has 13 heavy (non-hydrogen) atoms. The maximum Gasteiger partial charge on any atom is 0.142 e. The number of rotatable bonds is 1. The van der Waals surface area contributed by atoms with E-state index in [1.807, 2.05) is 0 Å². The van der Waals surface area contributed by atoms with Crippen molar-refractivity contribution in [2.24, 2.45) is 0 Å². The molecule has 1 aliphatic rings. The minimum Gasteiger partial charge on any atom is -0.375 e. The molecule has 68 valence electrons. The average molecular weight is 244 g/mol. The summed E-state index contributed by atoms with van der Waals surface area (Å²) in [6.07, 6.45) is 1.41. The second kappa shape index (κ2) is 3.10. The van der Waals surface area contributed by atoms with Crippen molar-refractivity contribution in [3.63, 3.8) is 0 Å². The lowest BCUT2D eigenvalue weighted by Crippen LogP contribution is -2.16. The number of carbonyl (C=O) groups is 1. The molecule has 0 saturated carbocycles. The zero-order valence-corrected chi connectivity index (χ0v) is 8.27. The van der Waals surface area contributed by atoms with Crippen molar-refractivity contribution in [3.05, 3.63) is 28.0 Å². The lowest BCUT2D eigenvalue weighted by atomic mass is 10.1. The summed E-state index contributed by atoms with van der Waals surface area (Å²) in [7, 11) is 0. The second-order valence-electron chi connectivity index (χ2n) is 3.01. The number of aldehydes is 1. The Morgan fingerprint density at radius 2 is 2.38 bits per heavy atom. The van der Waals surface area contributed by atoms with Gasteiger partial charge in [0, 0.05) is 12.1 Å². The van der Waals surface area contributed by atoms with Crippen molar-refractivity contribution in [1.82, 2.24) is 0 Å². The van der Waals surface area contributed by atoms with E-state index in [0.29, 0.717) is 10.9 Å². The molecular formula is C9H7BrFNO.